The Morgan fingerprint density at radius 1 is 1.31 bits per heavy atom. The molecule has 0 spiro atoms. The van der Waals surface area contributed by atoms with Crippen molar-refractivity contribution in [1.82, 2.24) is 39.3 Å². The van der Waals surface area contributed by atoms with Crippen molar-refractivity contribution in [1.29, 1.82) is 0 Å². The van der Waals surface area contributed by atoms with Gasteiger partial charge in [-0.15, -0.1) is 0 Å². The molecule has 26 heavy (non-hydrogen) atoms. The van der Waals surface area contributed by atoms with Crippen LogP contribution < -0.4 is 5.69 Å². The summed E-state index contributed by atoms with van der Waals surface area (Å²) in [5.41, 5.74) is 1.03. The number of aromatic nitrogens is 8. The van der Waals surface area contributed by atoms with Gasteiger partial charge in [-0.2, -0.15) is 10.2 Å². The van der Waals surface area contributed by atoms with Crippen LogP contribution in [0.5, 0.6) is 0 Å². The molecule has 0 aliphatic heterocycles. The fourth-order valence-electron chi connectivity index (χ4n) is 2.58. The molecule has 0 saturated heterocycles. The van der Waals surface area contributed by atoms with Crippen LogP contribution in [0, 0.1) is 0 Å². The smallest absolute Gasteiger partial charge is 0.343 e. The minimum Gasteiger partial charge on any atom is -0.462 e. The Bertz CT molecular complexity index is 1140. The maximum absolute atomic E-state index is 11.9. The second-order valence-corrected chi connectivity index (χ2v) is 5.39. The average molecular weight is 354 g/mol. The topological polar surface area (TPSA) is 136 Å². The van der Waals surface area contributed by atoms with Crippen molar-refractivity contribution in [3.63, 3.8) is 0 Å². The molecule has 4 aromatic heterocycles. The van der Waals surface area contributed by atoms with Crippen LogP contribution in [0.3, 0.4) is 0 Å². The fraction of sp³-hybridized carbons (Fsp3) is 0.200. The highest BCUT2D eigenvalue weighted by molar-refractivity contribution is 5.95. The van der Waals surface area contributed by atoms with Crippen LogP contribution in [-0.4, -0.2) is 51.9 Å². The van der Waals surface area contributed by atoms with Crippen molar-refractivity contribution < 1.29 is 9.53 Å². The molecule has 2 N–H and O–H groups in total. The molecule has 0 radical (unpaired) electrons. The van der Waals surface area contributed by atoms with Gasteiger partial charge in [-0.1, -0.05) is 0 Å². The molecule has 0 unspecified atom stereocenters. The second-order valence-electron chi connectivity index (χ2n) is 5.39. The van der Waals surface area contributed by atoms with E-state index in [9.17, 15) is 9.59 Å². The van der Waals surface area contributed by atoms with E-state index in [1.807, 2.05) is 4.57 Å². The minimum atomic E-state index is -0.466. The predicted octanol–water partition coefficient (Wildman–Crippen LogP) is 0.229. The largest absolute Gasteiger partial charge is 0.462 e. The molecule has 11 nitrogen and oxygen atoms in total. The Balaban J connectivity index is 1.69. The molecule has 4 heterocycles. The highest BCUT2D eigenvalue weighted by Crippen LogP contribution is 2.19. The van der Waals surface area contributed by atoms with E-state index in [0.717, 1.165) is 0 Å². The van der Waals surface area contributed by atoms with Gasteiger partial charge in [0.15, 0.2) is 11.5 Å². The van der Waals surface area contributed by atoms with Crippen molar-refractivity contribution in [2.24, 2.45) is 0 Å². The van der Waals surface area contributed by atoms with E-state index in [4.69, 9.17) is 4.74 Å². The first-order chi connectivity index (χ1) is 12.7. The van der Waals surface area contributed by atoms with Gasteiger partial charge in [0.2, 0.25) is 0 Å². The van der Waals surface area contributed by atoms with Crippen LogP contribution in [0.1, 0.15) is 23.1 Å². The number of carbonyl (C=O) groups is 1. The Kier molecular flexibility index (Phi) is 3.80. The molecule has 0 atom stereocenters. The molecule has 0 aliphatic rings. The van der Waals surface area contributed by atoms with Crippen molar-refractivity contribution >= 4 is 11.6 Å². The van der Waals surface area contributed by atoms with Crippen LogP contribution >= 0.6 is 0 Å². The summed E-state index contributed by atoms with van der Waals surface area (Å²) in [5, 5.41) is 10.4. The van der Waals surface area contributed by atoms with E-state index in [-0.39, 0.29) is 12.3 Å². The number of nitrogens with one attached hydrogen (secondary N) is 2. The Hall–Kier alpha value is -3.76. The number of esters is 1. The average Bonchev–Trinajstić information content (AvgIpc) is 3.34. The SMILES string of the molecule is CCOC(=O)c1cnn2cc(-c3nccn3Cc3n[nH]c(=O)[nH]3)cnc12. The lowest BCUT2D eigenvalue weighted by molar-refractivity contribution is 0.0528. The summed E-state index contributed by atoms with van der Waals surface area (Å²) in [6.45, 7) is 2.35. The van der Waals surface area contributed by atoms with Gasteiger partial charge in [0.05, 0.1) is 24.9 Å². The molecule has 0 bridgehead atoms. The van der Waals surface area contributed by atoms with Crippen LogP contribution in [0.25, 0.3) is 17.0 Å². The molecule has 0 amide bonds. The number of imidazole rings is 1. The number of hydrogen-bond donors (Lipinski definition) is 2. The molecule has 132 valence electrons. The highest BCUT2D eigenvalue weighted by Gasteiger charge is 2.16. The van der Waals surface area contributed by atoms with E-state index in [2.05, 4.69) is 30.2 Å². The van der Waals surface area contributed by atoms with Gasteiger partial charge in [-0.3, -0.25) is 4.98 Å². The summed E-state index contributed by atoms with van der Waals surface area (Å²) in [7, 11) is 0. The molecule has 0 fully saturated rings. The van der Waals surface area contributed by atoms with E-state index in [1.165, 1.54) is 10.7 Å². The molecular weight excluding hydrogens is 340 g/mol. The van der Waals surface area contributed by atoms with Gasteiger partial charge in [-0.05, 0) is 6.92 Å². The number of fused-ring (bicyclic) bond motifs is 1. The van der Waals surface area contributed by atoms with E-state index >= 15 is 0 Å². The molecular formula is C15H14N8O3. The summed E-state index contributed by atoms with van der Waals surface area (Å²) in [6, 6.07) is 0. The van der Waals surface area contributed by atoms with E-state index in [1.54, 1.807) is 31.7 Å². The van der Waals surface area contributed by atoms with Crippen molar-refractivity contribution in [3.05, 3.63) is 52.9 Å². The van der Waals surface area contributed by atoms with Gasteiger partial charge >= 0.3 is 11.7 Å². The zero-order valence-corrected chi connectivity index (χ0v) is 13.7. The maximum atomic E-state index is 11.9. The Labute approximate surface area is 145 Å². The van der Waals surface area contributed by atoms with Gasteiger partial charge in [0.1, 0.15) is 11.4 Å². The molecule has 4 aromatic rings. The first kappa shape index (κ1) is 15.7. The summed E-state index contributed by atoms with van der Waals surface area (Å²) in [4.78, 5) is 34.3. The first-order valence-corrected chi connectivity index (χ1v) is 7.81. The standard InChI is InChI=1S/C15H14N8O3/c1-2-26-14(24)10-6-18-23-7-9(5-17-13(10)23)12-16-3-4-22(12)8-11-19-15(25)21-20-11/h3-7H,2,8H2,1H3,(H2,19,20,21,25). The molecule has 0 aliphatic carbocycles. The summed E-state index contributed by atoms with van der Waals surface area (Å²) in [5.74, 6) is 0.634. The van der Waals surface area contributed by atoms with Crippen molar-refractivity contribution in [3.8, 4) is 11.4 Å². The third kappa shape index (κ3) is 2.75. The molecule has 4 rings (SSSR count). The van der Waals surface area contributed by atoms with E-state index < -0.39 is 5.97 Å². The van der Waals surface area contributed by atoms with Gasteiger partial charge in [-0.25, -0.2) is 29.2 Å². The Morgan fingerprint density at radius 2 is 2.19 bits per heavy atom. The van der Waals surface area contributed by atoms with Crippen LogP contribution in [0.4, 0.5) is 0 Å². The summed E-state index contributed by atoms with van der Waals surface area (Å²) in [6.07, 6.45) is 8.14. The van der Waals surface area contributed by atoms with Crippen LogP contribution in [0.2, 0.25) is 0 Å². The second kappa shape index (κ2) is 6.27. The third-order valence-corrected chi connectivity index (χ3v) is 3.70. The lowest BCUT2D eigenvalue weighted by Gasteiger charge is -2.06. The number of aromatic amines is 2. The van der Waals surface area contributed by atoms with Gasteiger partial charge < -0.3 is 9.30 Å². The number of carbonyl (C=O) groups excluding carboxylic acids is 1. The van der Waals surface area contributed by atoms with Crippen molar-refractivity contribution in [2.75, 3.05) is 6.61 Å². The zero-order valence-electron chi connectivity index (χ0n) is 13.7. The van der Waals surface area contributed by atoms with Crippen molar-refractivity contribution in [2.45, 2.75) is 13.5 Å². The van der Waals surface area contributed by atoms with E-state index in [0.29, 0.717) is 35.0 Å². The molecule has 0 aromatic carbocycles. The number of H-pyrrole nitrogens is 2. The number of hydrogen-bond acceptors (Lipinski definition) is 7. The quantitative estimate of drug-likeness (QED) is 0.490. The predicted molar refractivity (Wildman–Crippen MR) is 88.5 cm³/mol. The fourth-order valence-corrected chi connectivity index (χ4v) is 2.58. The van der Waals surface area contributed by atoms with Gasteiger partial charge in [0.25, 0.3) is 0 Å². The normalized spacial score (nSPS) is 11.1. The number of nitrogens with zero attached hydrogens (tertiary/aromatic N) is 6. The molecule has 0 saturated carbocycles. The highest BCUT2D eigenvalue weighted by atomic mass is 16.5. The lowest BCUT2D eigenvalue weighted by Crippen LogP contribution is -2.06. The number of ether oxygens (including phenoxy) is 1. The Morgan fingerprint density at radius 3 is 2.96 bits per heavy atom. The first-order valence-electron chi connectivity index (χ1n) is 7.81. The van der Waals surface area contributed by atoms with Gasteiger partial charge in [0, 0.05) is 24.8 Å². The molecule has 11 heteroatoms. The number of rotatable bonds is 5. The van der Waals surface area contributed by atoms with Crippen LogP contribution in [-0.2, 0) is 11.3 Å². The monoisotopic (exact) mass is 354 g/mol. The zero-order chi connectivity index (χ0) is 18.1. The minimum absolute atomic E-state index is 0.279. The maximum Gasteiger partial charge on any atom is 0.343 e. The summed E-state index contributed by atoms with van der Waals surface area (Å²) >= 11 is 0. The van der Waals surface area contributed by atoms with Crippen LogP contribution in [0.15, 0.2) is 35.8 Å². The summed E-state index contributed by atoms with van der Waals surface area (Å²) < 4.78 is 8.30. The lowest BCUT2D eigenvalue weighted by atomic mass is 10.3. The third-order valence-electron chi connectivity index (χ3n) is 3.70.